The van der Waals surface area contributed by atoms with Crippen LogP contribution in [-0.4, -0.2) is 15.3 Å². The predicted molar refractivity (Wildman–Crippen MR) is 97.6 cm³/mol. The van der Waals surface area contributed by atoms with Gasteiger partial charge in [0.2, 0.25) is 0 Å². The number of rotatable bonds is 5. The molecule has 128 valence electrons. The first-order valence-corrected chi connectivity index (χ1v) is 8.26. The molecule has 0 amide bonds. The van der Waals surface area contributed by atoms with Crippen LogP contribution in [0.2, 0.25) is 0 Å². The van der Waals surface area contributed by atoms with Crippen LogP contribution in [0.5, 0.6) is 5.75 Å². The third kappa shape index (κ3) is 3.80. The molecular weight excluding hydrogens is 300 g/mol. The zero-order chi connectivity index (χ0) is 17.7. The van der Waals surface area contributed by atoms with Crippen molar-refractivity contribution < 1.29 is 15.3 Å². The maximum Gasteiger partial charge on any atom is 0.115 e. The number of phenols is 1. The van der Waals surface area contributed by atoms with E-state index in [0.29, 0.717) is 5.56 Å². The highest BCUT2D eigenvalue weighted by Gasteiger charge is 2.43. The van der Waals surface area contributed by atoms with Gasteiger partial charge in [0.25, 0.3) is 0 Å². The summed E-state index contributed by atoms with van der Waals surface area (Å²) in [7, 11) is 0. The number of benzene rings is 1. The quantitative estimate of drug-likeness (QED) is 0.547. The lowest BCUT2D eigenvalue weighted by molar-refractivity contribution is -0.0510. The summed E-state index contributed by atoms with van der Waals surface area (Å²) in [5.41, 5.74) is -0.492. The minimum Gasteiger partial charge on any atom is -0.513 e. The number of hydrogen-bond donors (Lipinski definition) is 3. The van der Waals surface area contributed by atoms with Crippen LogP contribution in [0.3, 0.4) is 0 Å². The van der Waals surface area contributed by atoms with Crippen molar-refractivity contribution in [2.75, 3.05) is 0 Å². The first-order chi connectivity index (χ1) is 11.4. The zero-order valence-corrected chi connectivity index (χ0v) is 14.4. The summed E-state index contributed by atoms with van der Waals surface area (Å²) in [5.74, 6) is 0.166. The Hall–Kier alpha value is -2.26. The van der Waals surface area contributed by atoms with Gasteiger partial charge in [0, 0.05) is 11.8 Å². The third-order valence-corrected chi connectivity index (χ3v) is 4.66. The predicted octanol–water partition coefficient (Wildman–Crippen LogP) is 4.61. The molecule has 3 nitrogen and oxygen atoms in total. The van der Waals surface area contributed by atoms with Crippen LogP contribution < -0.4 is 0 Å². The molecule has 1 aromatic carbocycles. The van der Waals surface area contributed by atoms with E-state index in [-0.39, 0.29) is 29.3 Å². The summed E-state index contributed by atoms with van der Waals surface area (Å²) >= 11 is 0. The van der Waals surface area contributed by atoms with Crippen molar-refractivity contribution >= 4 is 0 Å². The summed E-state index contributed by atoms with van der Waals surface area (Å²) in [4.78, 5) is 0. The normalized spacial score (nSPS) is 24.9. The maximum absolute atomic E-state index is 11.7. The highest BCUT2D eigenvalue weighted by Crippen LogP contribution is 2.44. The Balaban J connectivity index is 2.48. The van der Waals surface area contributed by atoms with Crippen molar-refractivity contribution in [3.05, 3.63) is 78.1 Å². The molecule has 2 rings (SSSR count). The Morgan fingerprint density at radius 2 is 1.96 bits per heavy atom. The van der Waals surface area contributed by atoms with Gasteiger partial charge in [0.15, 0.2) is 0 Å². The number of aliphatic hydroxyl groups is 2. The van der Waals surface area contributed by atoms with Crippen LogP contribution in [-0.2, 0) is 5.60 Å². The zero-order valence-electron chi connectivity index (χ0n) is 14.4. The topological polar surface area (TPSA) is 60.7 Å². The van der Waals surface area contributed by atoms with E-state index in [4.69, 9.17) is 0 Å². The third-order valence-electron chi connectivity index (χ3n) is 4.66. The van der Waals surface area contributed by atoms with E-state index in [1.54, 1.807) is 37.3 Å². The first-order valence-electron chi connectivity index (χ1n) is 8.26. The largest absolute Gasteiger partial charge is 0.513 e. The fraction of sp³-hybridized carbons (Fsp3) is 0.333. The van der Waals surface area contributed by atoms with Crippen molar-refractivity contribution in [3.63, 3.8) is 0 Å². The standard InChI is InChI=1S/C21H26O3/c1-15-8-4-5-13-20(15)21(24,16(2)9-6-10-17(3)22)18-11-7-12-19(23)14-18/h4-16,20,22-24H,1-3H3/b9-6-,17-10+. The van der Waals surface area contributed by atoms with Crippen molar-refractivity contribution in [1.29, 1.82) is 0 Å². The van der Waals surface area contributed by atoms with E-state index >= 15 is 0 Å². The molecule has 1 aliphatic rings. The second kappa shape index (κ2) is 7.54. The fourth-order valence-corrected chi connectivity index (χ4v) is 3.29. The number of phenolic OH excluding ortho intramolecular Hbond substituents is 1. The van der Waals surface area contributed by atoms with Crippen LogP contribution in [0.25, 0.3) is 0 Å². The molecule has 4 unspecified atom stereocenters. The van der Waals surface area contributed by atoms with E-state index in [2.05, 4.69) is 13.0 Å². The molecule has 0 heterocycles. The van der Waals surface area contributed by atoms with Gasteiger partial charge in [-0.25, -0.2) is 0 Å². The molecule has 0 radical (unpaired) electrons. The molecule has 24 heavy (non-hydrogen) atoms. The number of allylic oxidation sites excluding steroid dienone is 6. The number of aliphatic hydroxyl groups excluding tert-OH is 1. The van der Waals surface area contributed by atoms with Gasteiger partial charge in [-0.05, 0) is 36.6 Å². The molecule has 0 saturated heterocycles. The molecule has 1 aromatic rings. The van der Waals surface area contributed by atoms with Crippen molar-refractivity contribution in [2.45, 2.75) is 26.4 Å². The second-order valence-electron chi connectivity index (χ2n) is 6.51. The molecule has 0 fully saturated rings. The summed E-state index contributed by atoms with van der Waals surface area (Å²) < 4.78 is 0. The smallest absolute Gasteiger partial charge is 0.115 e. The Labute approximate surface area is 144 Å². The van der Waals surface area contributed by atoms with Crippen LogP contribution in [0.4, 0.5) is 0 Å². The van der Waals surface area contributed by atoms with Gasteiger partial charge >= 0.3 is 0 Å². The molecule has 0 aromatic heterocycles. The minimum atomic E-state index is -1.17. The van der Waals surface area contributed by atoms with Gasteiger partial charge < -0.3 is 15.3 Å². The highest BCUT2D eigenvalue weighted by atomic mass is 16.3. The lowest BCUT2D eigenvalue weighted by Gasteiger charge is -2.42. The van der Waals surface area contributed by atoms with Crippen LogP contribution in [0, 0.1) is 17.8 Å². The van der Waals surface area contributed by atoms with Gasteiger partial charge in [-0.3, -0.25) is 0 Å². The molecule has 0 saturated carbocycles. The van der Waals surface area contributed by atoms with Crippen molar-refractivity contribution in [2.24, 2.45) is 17.8 Å². The van der Waals surface area contributed by atoms with Crippen molar-refractivity contribution in [3.8, 4) is 5.75 Å². The molecule has 0 aliphatic heterocycles. The van der Waals surface area contributed by atoms with Gasteiger partial charge in [-0.15, -0.1) is 0 Å². The average molecular weight is 326 g/mol. The van der Waals surface area contributed by atoms with E-state index in [1.165, 1.54) is 0 Å². The highest BCUT2D eigenvalue weighted by molar-refractivity contribution is 5.36. The maximum atomic E-state index is 11.7. The number of aromatic hydroxyl groups is 1. The van der Waals surface area contributed by atoms with E-state index in [9.17, 15) is 15.3 Å². The summed E-state index contributed by atoms with van der Waals surface area (Å²) in [5, 5.41) is 30.9. The second-order valence-corrected chi connectivity index (χ2v) is 6.51. The Morgan fingerprint density at radius 1 is 1.25 bits per heavy atom. The fourth-order valence-electron chi connectivity index (χ4n) is 3.29. The van der Waals surface area contributed by atoms with Crippen LogP contribution >= 0.6 is 0 Å². The van der Waals surface area contributed by atoms with Gasteiger partial charge in [-0.1, -0.05) is 62.4 Å². The minimum absolute atomic E-state index is 0.122. The first kappa shape index (κ1) is 18.1. The Bertz CT molecular complexity index is 680. The van der Waals surface area contributed by atoms with Gasteiger partial charge in [0.05, 0.1) is 5.76 Å². The molecular formula is C21H26O3. The average Bonchev–Trinajstić information content (AvgIpc) is 2.54. The molecule has 3 N–H and O–H groups in total. The lowest BCUT2D eigenvalue weighted by atomic mass is 9.67. The molecule has 0 bridgehead atoms. The molecule has 3 heteroatoms. The molecule has 0 spiro atoms. The monoisotopic (exact) mass is 326 g/mol. The van der Waals surface area contributed by atoms with Gasteiger partial charge in [-0.2, -0.15) is 0 Å². The van der Waals surface area contributed by atoms with E-state index < -0.39 is 5.60 Å². The van der Waals surface area contributed by atoms with Crippen molar-refractivity contribution in [1.82, 2.24) is 0 Å². The summed E-state index contributed by atoms with van der Waals surface area (Å²) in [6, 6.07) is 6.81. The van der Waals surface area contributed by atoms with Crippen LogP contribution in [0.1, 0.15) is 26.3 Å². The molecule has 1 aliphatic carbocycles. The summed E-state index contributed by atoms with van der Waals surface area (Å²) in [6.07, 6.45) is 13.3. The number of hydrogen-bond acceptors (Lipinski definition) is 3. The van der Waals surface area contributed by atoms with Crippen LogP contribution in [0.15, 0.2) is 72.6 Å². The van der Waals surface area contributed by atoms with E-state index in [0.717, 1.165) is 0 Å². The molecule has 4 atom stereocenters. The SMILES string of the molecule is C/C(O)=C\C=C/C(C)C(O)(c1cccc(O)c1)C1C=CC=CC1C. The van der Waals surface area contributed by atoms with E-state index in [1.807, 2.05) is 37.3 Å². The van der Waals surface area contributed by atoms with Gasteiger partial charge in [0.1, 0.15) is 11.4 Å². The Kier molecular flexibility index (Phi) is 5.68. The lowest BCUT2D eigenvalue weighted by Crippen LogP contribution is -2.43. The summed E-state index contributed by atoms with van der Waals surface area (Å²) in [6.45, 7) is 5.62. The Morgan fingerprint density at radius 3 is 2.58 bits per heavy atom.